The molecule has 3 N–H and O–H groups in total. The molecule has 0 aliphatic rings. The summed E-state index contributed by atoms with van der Waals surface area (Å²) >= 11 is 0. The van der Waals surface area contributed by atoms with Crippen molar-refractivity contribution in [2.75, 3.05) is 39.6 Å². The lowest BCUT2D eigenvalue weighted by Gasteiger charge is -2.21. The Bertz CT molecular complexity index is 1750. The van der Waals surface area contributed by atoms with Crippen molar-refractivity contribution >= 4 is 39.5 Å². The molecule has 0 aliphatic carbocycles. The van der Waals surface area contributed by atoms with Crippen LogP contribution < -0.4 is 0 Å². The molecule has 0 aromatic carbocycles. The number of hydrogen-bond acceptors (Lipinski definition) is 15. The highest BCUT2D eigenvalue weighted by Crippen LogP contribution is 2.45. The van der Waals surface area contributed by atoms with Gasteiger partial charge in [-0.3, -0.25) is 37.3 Å². The van der Waals surface area contributed by atoms with Crippen LogP contribution in [0.2, 0.25) is 0 Å². The number of esters is 4. The molecule has 0 fully saturated rings. The molecule has 6 atom stereocenters. The van der Waals surface area contributed by atoms with Crippen LogP contribution in [-0.2, 0) is 65.4 Å². The van der Waals surface area contributed by atoms with E-state index in [0.29, 0.717) is 31.6 Å². The molecule has 17 nitrogen and oxygen atoms in total. The quantitative estimate of drug-likeness (QED) is 0.0222. The molecule has 0 bridgehead atoms. The molecule has 0 radical (unpaired) electrons. The van der Waals surface area contributed by atoms with Crippen molar-refractivity contribution in [3.8, 4) is 0 Å². The van der Waals surface area contributed by atoms with E-state index in [4.69, 9.17) is 37.0 Å². The Morgan fingerprint density at radius 1 is 0.318 bits per heavy atom. The second kappa shape index (κ2) is 58.8. The molecular formula is C69H134O17P2. The third kappa shape index (κ3) is 61.6. The van der Waals surface area contributed by atoms with Gasteiger partial charge in [-0.25, -0.2) is 9.13 Å². The van der Waals surface area contributed by atoms with Crippen molar-refractivity contribution in [1.29, 1.82) is 0 Å². The van der Waals surface area contributed by atoms with Crippen molar-refractivity contribution in [2.24, 2.45) is 23.7 Å². The fraction of sp³-hybridized carbons (Fsp3) is 0.942. The van der Waals surface area contributed by atoms with E-state index in [1.54, 1.807) is 0 Å². The van der Waals surface area contributed by atoms with Crippen LogP contribution in [0.3, 0.4) is 0 Å². The van der Waals surface area contributed by atoms with Gasteiger partial charge in [0.25, 0.3) is 0 Å². The molecule has 0 aromatic heterocycles. The molecule has 522 valence electrons. The number of carbonyl (C=O) groups excluding carboxylic acids is 4. The molecule has 0 aliphatic heterocycles. The van der Waals surface area contributed by atoms with E-state index in [-0.39, 0.29) is 25.7 Å². The van der Waals surface area contributed by atoms with Gasteiger partial charge in [-0.05, 0) is 49.4 Å². The maximum Gasteiger partial charge on any atom is 0.472 e. The topological polar surface area (TPSA) is 237 Å². The van der Waals surface area contributed by atoms with Crippen LogP contribution in [0.25, 0.3) is 0 Å². The van der Waals surface area contributed by atoms with Crippen molar-refractivity contribution in [2.45, 2.75) is 356 Å². The highest BCUT2D eigenvalue weighted by molar-refractivity contribution is 7.47. The first-order chi connectivity index (χ1) is 42.1. The maximum atomic E-state index is 13.0. The van der Waals surface area contributed by atoms with Crippen LogP contribution in [-0.4, -0.2) is 96.7 Å². The molecule has 0 spiro atoms. The standard InChI is InChI=1S/C69H134O17P2/c1-9-62(8)48-40-32-26-28-36-44-52-69(74)86-65(56-80-67(72)50-42-34-27-25-31-39-47-61(6)7)58-84-88(77,78)82-54-63(70)53-81-87(75,76)83-57-64(85-68(73)51-43-35-24-20-16-18-22-30-38-46-60(4)5)55-79-66(71)49-41-33-23-19-15-13-11-10-12-14-17-21-29-37-45-59(2)3/h59-65,70H,9-58H2,1-8H3,(H,75,76)(H,77,78)/t62?,63-,64-,65-/m1/s1. The Kier molecular flexibility index (Phi) is 57.6. The number of rotatable bonds is 66. The molecule has 3 unspecified atom stereocenters. The largest absolute Gasteiger partial charge is 0.472 e. The Labute approximate surface area is 537 Å². The van der Waals surface area contributed by atoms with Crippen molar-refractivity contribution < 1.29 is 80.2 Å². The number of hydrogen-bond donors (Lipinski definition) is 3. The number of phosphoric ester groups is 2. The van der Waals surface area contributed by atoms with Gasteiger partial charge in [0.15, 0.2) is 12.2 Å². The smallest absolute Gasteiger partial charge is 0.462 e. The van der Waals surface area contributed by atoms with Crippen LogP contribution in [0.4, 0.5) is 0 Å². The monoisotopic (exact) mass is 1300 g/mol. The summed E-state index contributed by atoms with van der Waals surface area (Å²) in [7, 11) is -9.90. The summed E-state index contributed by atoms with van der Waals surface area (Å²) in [5.41, 5.74) is 0. The van der Waals surface area contributed by atoms with E-state index in [9.17, 15) is 43.2 Å². The highest BCUT2D eigenvalue weighted by Gasteiger charge is 2.30. The third-order valence-electron chi connectivity index (χ3n) is 16.2. The zero-order valence-corrected chi connectivity index (χ0v) is 59.1. The summed E-state index contributed by atoms with van der Waals surface area (Å²) in [6.07, 6.45) is 40.6. The lowest BCUT2D eigenvalue weighted by atomic mass is 10.00. The predicted molar refractivity (Wildman–Crippen MR) is 354 cm³/mol. The molecule has 0 saturated carbocycles. The van der Waals surface area contributed by atoms with E-state index in [1.165, 1.54) is 135 Å². The summed E-state index contributed by atoms with van der Waals surface area (Å²) in [6, 6.07) is 0. The van der Waals surface area contributed by atoms with Crippen molar-refractivity contribution in [3.05, 3.63) is 0 Å². The SMILES string of the molecule is CCC(C)CCCCCCCCC(=O)O[C@H](COC(=O)CCCCCCCCC(C)C)COP(=O)(O)OC[C@H](O)COP(=O)(O)OC[C@@H](COC(=O)CCCCCCCCCCCCCCCCC(C)C)OC(=O)CCCCCCCCCCCC(C)C. The molecular weight excluding hydrogens is 1160 g/mol. The number of aliphatic hydroxyl groups is 1. The summed E-state index contributed by atoms with van der Waals surface area (Å²) in [4.78, 5) is 72.4. The molecule has 19 heteroatoms. The fourth-order valence-electron chi connectivity index (χ4n) is 10.3. The van der Waals surface area contributed by atoms with E-state index in [1.807, 2.05) is 0 Å². The van der Waals surface area contributed by atoms with Crippen LogP contribution in [0.15, 0.2) is 0 Å². The Balaban J connectivity index is 5.21. The van der Waals surface area contributed by atoms with E-state index in [0.717, 1.165) is 114 Å². The Hall–Kier alpha value is -1.94. The van der Waals surface area contributed by atoms with Gasteiger partial charge in [0, 0.05) is 25.7 Å². The predicted octanol–water partition coefficient (Wildman–Crippen LogP) is 19.3. The Morgan fingerprint density at radius 2 is 0.545 bits per heavy atom. The number of unbranched alkanes of at least 4 members (excludes halogenated alkanes) is 31. The summed E-state index contributed by atoms with van der Waals surface area (Å²) < 4.78 is 68.2. The zero-order valence-electron chi connectivity index (χ0n) is 57.3. The first-order valence-electron chi connectivity index (χ1n) is 35.7. The highest BCUT2D eigenvalue weighted by atomic mass is 31.2. The summed E-state index contributed by atoms with van der Waals surface area (Å²) in [6.45, 7) is 14.0. The van der Waals surface area contributed by atoms with Crippen LogP contribution in [0.1, 0.15) is 338 Å². The average Bonchev–Trinajstić information content (AvgIpc) is 3.54. The third-order valence-corrected chi connectivity index (χ3v) is 18.1. The van der Waals surface area contributed by atoms with Crippen molar-refractivity contribution in [1.82, 2.24) is 0 Å². The number of phosphoric acid groups is 2. The minimum Gasteiger partial charge on any atom is -0.462 e. The van der Waals surface area contributed by atoms with E-state index >= 15 is 0 Å². The number of carbonyl (C=O) groups is 4. The second-order valence-electron chi connectivity index (χ2n) is 26.6. The fourth-order valence-corrected chi connectivity index (χ4v) is 11.9. The van der Waals surface area contributed by atoms with Gasteiger partial charge in [-0.15, -0.1) is 0 Å². The van der Waals surface area contributed by atoms with Gasteiger partial charge in [0.2, 0.25) is 0 Å². The lowest BCUT2D eigenvalue weighted by Crippen LogP contribution is -2.30. The number of ether oxygens (including phenoxy) is 4. The first-order valence-corrected chi connectivity index (χ1v) is 38.7. The molecule has 0 amide bonds. The minimum atomic E-state index is -4.95. The molecule has 0 rings (SSSR count). The zero-order chi connectivity index (χ0) is 65.4. The first kappa shape index (κ1) is 86.1. The van der Waals surface area contributed by atoms with Crippen LogP contribution in [0, 0.1) is 23.7 Å². The molecule has 0 saturated heterocycles. The van der Waals surface area contributed by atoms with Gasteiger partial charge >= 0.3 is 39.5 Å². The summed E-state index contributed by atoms with van der Waals surface area (Å²) in [5, 5.41) is 10.6. The average molecular weight is 1300 g/mol. The van der Waals surface area contributed by atoms with Crippen LogP contribution >= 0.6 is 15.6 Å². The van der Waals surface area contributed by atoms with Gasteiger partial charge in [-0.2, -0.15) is 0 Å². The van der Waals surface area contributed by atoms with Crippen molar-refractivity contribution in [3.63, 3.8) is 0 Å². The molecule has 0 heterocycles. The van der Waals surface area contributed by atoms with E-state index in [2.05, 4.69) is 55.4 Å². The molecule has 0 aromatic rings. The van der Waals surface area contributed by atoms with Gasteiger partial charge in [-0.1, -0.05) is 287 Å². The second-order valence-corrected chi connectivity index (χ2v) is 29.5. The summed E-state index contributed by atoms with van der Waals surface area (Å²) in [5.74, 6) is 0.799. The van der Waals surface area contributed by atoms with Gasteiger partial charge in [0.05, 0.1) is 26.4 Å². The lowest BCUT2D eigenvalue weighted by molar-refractivity contribution is -0.161. The molecule has 88 heavy (non-hydrogen) atoms. The normalized spacial score (nSPS) is 14.6. The number of aliphatic hydroxyl groups excluding tert-OH is 1. The van der Waals surface area contributed by atoms with E-state index < -0.39 is 97.5 Å². The van der Waals surface area contributed by atoms with Crippen LogP contribution in [0.5, 0.6) is 0 Å². The Morgan fingerprint density at radius 3 is 0.807 bits per heavy atom. The van der Waals surface area contributed by atoms with Gasteiger partial charge < -0.3 is 33.8 Å². The van der Waals surface area contributed by atoms with Gasteiger partial charge in [0.1, 0.15) is 19.3 Å². The maximum absolute atomic E-state index is 13.0. The minimum absolute atomic E-state index is 0.101.